The van der Waals surface area contributed by atoms with E-state index in [0.717, 1.165) is 16.7 Å². The molecule has 1 aliphatic rings. The van der Waals surface area contributed by atoms with E-state index in [4.69, 9.17) is 16.3 Å². The smallest absolute Gasteiger partial charge is 0.295 e. The second kappa shape index (κ2) is 9.59. The number of hydrogen-bond acceptors (Lipinski definition) is 4. The Hall–Kier alpha value is -3.57. The van der Waals surface area contributed by atoms with Gasteiger partial charge in [0, 0.05) is 17.1 Å². The van der Waals surface area contributed by atoms with E-state index in [1.54, 1.807) is 31.4 Å². The van der Waals surface area contributed by atoms with Crippen LogP contribution in [0.25, 0.3) is 5.76 Å². The molecule has 4 rings (SSSR count). The molecule has 1 saturated heterocycles. The Morgan fingerprint density at radius 1 is 1.00 bits per heavy atom. The molecule has 1 unspecified atom stereocenters. The SMILES string of the molecule is COc1cccc(CN2C(=O)C(=O)/C(=C(\O)c3ccc(Cl)cc3)C2c2ccc(C(C)(C)C)cc2)c1. The van der Waals surface area contributed by atoms with Crippen molar-refractivity contribution in [3.05, 3.63) is 106 Å². The number of rotatable bonds is 5. The van der Waals surface area contributed by atoms with Crippen LogP contribution in [0.4, 0.5) is 0 Å². The van der Waals surface area contributed by atoms with Gasteiger partial charge in [0.25, 0.3) is 11.7 Å². The van der Waals surface area contributed by atoms with E-state index in [1.807, 2.05) is 48.5 Å². The van der Waals surface area contributed by atoms with Gasteiger partial charge < -0.3 is 14.7 Å². The Morgan fingerprint density at radius 2 is 1.66 bits per heavy atom. The van der Waals surface area contributed by atoms with Crippen LogP contribution in [-0.2, 0) is 21.5 Å². The summed E-state index contributed by atoms with van der Waals surface area (Å²) < 4.78 is 5.32. The molecule has 1 N–H and O–H groups in total. The van der Waals surface area contributed by atoms with Crippen molar-refractivity contribution < 1.29 is 19.4 Å². The van der Waals surface area contributed by atoms with Gasteiger partial charge in [-0.1, -0.05) is 68.8 Å². The van der Waals surface area contributed by atoms with E-state index in [-0.39, 0.29) is 23.3 Å². The first-order valence-electron chi connectivity index (χ1n) is 11.4. The summed E-state index contributed by atoms with van der Waals surface area (Å²) in [6, 6.07) is 21.0. The standard InChI is InChI=1S/C29H28ClNO4/c1-29(2,3)21-12-8-19(9-13-21)25-24(26(32)20-10-14-22(30)15-11-20)27(33)28(34)31(25)17-18-6-5-7-23(16-18)35-4/h5-16,25,32H,17H2,1-4H3/b26-24-. The summed E-state index contributed by atoms with van der Waals surface area (Å²) in [7, 11) is 1.58. The summed E-state index contributed by atoms with van der Waals surface area (Å²) >= 11 is 6.00. The number of nitrogens with zero attached hydrogens (tertiary/aromatic N) is 1. The maximum Gasteiger partial charge on any atom is 0.295 e. The van der Waals surface area contributed by atoms with E-state index in [1.165, 1.54) is 4.90 Å². The van der Waals surface area contributed by atoms with Gasteiger partial charge in [-0.3, -0.25) is 9.59 Å². The van der Waals surface area contributed by atoms with E-state index in [2.05, 4.69) is 20.8 Å². The van der Waals surface area contributed by atoms with Crippen molar-refractivity contribution in [1.29, 1.82) is 0 Å². The number of carbonyl (C=O) groups excluding carboxylic acids is 2. The molecule has 0 saturated carbocycles. The quantitative estimate of drug-likeness (QED) is 0.260. The Morgan fingerprint density at radius 3 is 2.26 bits per heavy atom. The molecule has 0 bridgehead atoms. The zero-order valence-corrected chi connectivity index (χ0v) is 21.0. The Kier molecular flexibility index (Phi) is 6.73. The lowest BCUT2D eigenvalue weighted by Crippen LogP contribution is -2.29. The molecule has 180 valence electrons. The molecule has 3 aromatic rings. The van der Waals surface area contributed by atoms with E-state index in [9.17, 15) is 14.7 Å². The average Bonchev–Trinajstić information content (AvgIpc) is 3.08. The Bertz CT molecular complexity index is 1290. The molecule has 3 aromatic carbocycles. The number of likely N-dealkylation sites (tertiary alicyclic amines) is 1. The van der Waals surface area contributed by atoms with Crippen LogP contribution in [0.15, 0.2) is 78.4 Å². The average molecular weight is 490 g/mol. The number of carbonyl (C=O) groups is 2. The number of aliphatic hydroxyl groups is 1. The molecule has 6 heteroatoms. The highest BCUT2D eigenvalue weighted by atomic mass is 35.5. The first-order valence-corrected chi connectivity index (χ1v) is 11.8. The number of benzene rings is 3. The van der Waals surface area contributed by atoms with E-state index < -0.39 is 17.7 Å². The lowest BCUT2D eigenvalue weighted by molar-refractivity contribution is -0.140. The molecule has 0 radical (unpaired) electrons. The molecule has 5 nitrogen and oxygen atoms in total. The number of ether oxygens (including phenoxy) is 1. The zero-order chi connectivity index (χ0) is 25.3. The highest BCUT2D eigenvalue weighted by Gasteiger charge is 2.46. The summed E-state index contributed by atoms with van der Waals surface area (Å²) in [6.07, 6.45) is 0. The number of halogens is 1. The monoisotopic (exact) mass is 489 g/mol. The van der Waals surface area contributed by atoms with Crippen LogP contribution in [-0.4, -0.2) is 28.8 Å². The predicted molar refractivity (Wildman–Crippen MR) is 137 cm³/mol. The number of aliphatic hydroxyl groups excluding tert-OH is 1. The Balaban J connectivity index is 1.84. The summed E-state index contributed by atoms with van der Waals surface area (Å²) in [5.74, 6) is -0.942. The predicted octanol–water partition coefficient (Wildman–Crippen LogP) is 6.27. The molecule has 1 heterocycles. The minimum atomic E-state index is -0.745. The van der Waals surface area contributed by atoms with E-state index in [0.29, 0.717) is 16.3 Å². The lowest BCUT2D eigenvalue weighted by atomic mass is 9.85. The fourth-order valence-corrected chi connectivity index (χ4v) is 4.41. The van der Waals surface area contributed by atoms with Crippen molar-refractivity contribution in [2.45, 2.75) is 38.8 Å². The highest BCUT2D eigenvalue weighted by molar-refractivity contribution is 6.46. The van der Waals surface area contributed by atoms with Crippen LogP contribution >= 0.6 is 11.6 Å². The summed E-state index contributed by atoms with van der Waals surface area (Å²) in [4.78, 5) is 28.0. The van der Waals surface area contributed by atoms with Crippen molar-refractivity contribution in [3.8, 4) is 5.75 Å². The van der Waals surface area contributed by atoms with Gasteiger partial charge in [-0.15, -0.1) is 0 Å². The number of ketones is 1. The summed E-state index contributed by atoms with van der Waals surface area (Å²) in [6.45, 7) is 6.55. The third-order valence-electron chi connectivity index (χ3n) is 6.24. The van der Waals surface area contributed by atoms with Gasteiger partial charge in [-0.05, 0) is 58.5 Å². The minimum absolute atomic E-state index is 0.0514. The highest BCUT2D eigenvalue weighted by Crippen LogP contribution is 2.41. The second-order valence-electron chi connectivity index (χ2n) is 9.66. The third-order valence-corrected chi connectivity index (χ3v) is 6.49. The van der Waals surface area contributed by atoms with Crippen LogP contribution in [0.5, 0.6) is 5.75 Å². The van der Waals surface area contributed by atoms with Gasteiger partial charge >= 0.3 is 0 Å². The molecule has 1 aliphatic heterocycles. The molecule has 1 fully saturated rings. The molecular weight excluding hydrogens is 462 g/mol. The van der Waals surface area contributed by atoms with Crippen molar-refractivity contribution in [3.63, 3.8) is 0 Å². The second-order valence-corrected chi connectivity index (χ2v) is 10.1. The zero-order valence-electron chi connectivity index (χ0n) is 20.2. The maximum atomic E-state index is 13.3. The fourth-order valence-electron chi connectivity index (χ4n) is 4.29. The summed E-state index contributed by atoms with van der Waals surface area (Å²) in [5, 5.41) is 11.7. The number of Topliss-reactive ketones (excluding diaryl/α,β-unsaturated/α-hetero) is 1. The first kappa shape index (κ1) is 24.6. The van der Waals surface area contributed by atoms with Crippen LogP contribution in [0.2, 0.25) is 5.02 Å². The van der Waals surface area contributed by atoms with Crippen molar-refractivity contribution >= 4 is 29.1 Å². The van der Waals surface area contributed by atoms with Gasteiger partial charge in [0.15, 0.2) is 0 Å². The van der Waals surface area contributed by atoms with Crippen LogP contribution < -0.4 is 4.74 Å². The minimum Gasteiger partial charge on any atom is -0.507 e. The topological polar surface area (TPSA) is 66.8 Å². The van der Waals surface area contributed by atoms with Crippen LogP contribution in [0.1, 0.15) is 49.1 Å². The first-order chi connectivity index (χ1) is 16.6. The van der Waals surface area contributed by atoms with E-state index >= 15 is 0 Å². The van der Waals surface area contributed by atoms with Gasteiger partial charge in [-0.2, -0.15) is 0 Å². The number of methoxy groups -OCH3 is 1. The normalized spacial score (nSPS) is 17.6. The van der Waals surface area contributed by atoms with Gasteiger partial charge in [0.1, 0.15) is 11.5 Å². The number of hydrogen-bond donors (Lipinski definition) is 1. The number of amides is 1. The molecule has 0 spiro atoms. The fraction of sp³-hybridized carbons (Fsp3) is 0.241. The molecule has 1 atom stereocenters. The Labute approximate surface area is 210 Å². The van der Waals surface area contributed by atoms with Crippen molar-refractivity contribution in [1.82, 2.24) is 4.90 Å². The molecule has 1 amide bonds. The lowest BCUT2D eigenvalue weighted by Gasteiger charge is -2.26. The molecule has 0 aromatic heterocycles. The molecule has 0 aliphatic carbocycles. The summed E-state index contributed by atoms with van der Waals surface area (Å²) in [5.41, 5.74) is 3.12. The largest absolute Gasteiger partial charge is 0.507 e. The van der Waals surface area contributed by atoms with Crippen LogP contribution in [0.3, 0.4) is 0 Å². The molecular formula is C29H28ClNO4. The van der Waals surface area contributed by atoms with Crippen molar-refractivity contribution in [2.24, 2.45) is 0 Å². The third kappa shape index (κ3) is 4.96. The maximum absolute atomic E-state index is 13.3. The van der Waals surface area contributed by atoms with Gasteiger partial charge in [0.05, 0.1) is 18.7 Å². The van der Waals surface area contributed by atoms with Gasteiger partial charge in [0.2, 0.25) is 0 Å². The van der Waals surface area contributed by atoms with Crippen molar-refractivity contribution in [2.75, 3.05) is 7.11 Å². The van der Waals surface area contributed by atoms with Gasteiger partial charge in [-0.25, -0.2) is 0 Å². The van der Waals surface area contributed by atoms with Crippen LogP contribution in [0, 0.1) is 0 Å². The molecule has 35 heavy (non-hydrogen) atoms.